The van der Waals surface area contributed by atoms with Crippen LogP contribution in [-0.2, 0) is 14.8 Å². The van der Waals surface area contributed by atoms with Gasteiger partial charge in [0.2, 0.25) is 10.0 Å². The summed E-state index contributed by atoms with van der Waals surface area (Å²) in [6.45, 7) is 4.38. The highest BCUT2D eigenvalue weighted by molar-refractivity contribution is 7.92. The van der Waals surface area contributed by atoms with Crippen molar-refractivity contribution in [2.24, 2.45) is 5.92 Å². The highest BCUT2D eigenvalue weighted by Gasteiger charge is 2.32. The van der Waals surface area contributed by atoms with Gasteiger partial charge in [0.15, 0.2) is 6.10 Å². The Hall–Kier alpha value is -2.74. The third kappa shape index (κ3) is 5.70. The van der Waals surface area contributed by atoms with Gasteiger partial charge in [-0.1, -0.05) is 38.1 Å². The van der Waals surface area contributed by atoms with Crippen LogP contribution in [0.25, 0.3) is 0 Å². The summed E-state index contributed by atoms with van der Waals surface area (Å²) in [4.78, 5) is 13.2. The molecule has 1 N–H and O–H groups in total. The molecule has 2 aromatic carbocycles. The van der Waals surface area contributed by atoms with Gasteiger partial charge in [-0.15, -0.1) is 0 Å². The number of methoxy groups -OCH3 is 1. The summed E-state index contributed by atoms with van der Waals surface area (Å²) in [6.07, 6.45) is 1.38. The van der Waals surface area contributed by atoms with Crippen molar-refractivity contribution in [3.8, 4) is 11.5 Å². The van der Waals surface area contributed by atoms with E-state index in [1.54, 1.807) is 31.4 Å². The Morgan fingerprint density at radius 3 is 2.48 bits per heavy atom. The van der Waals surface area contributed by atoms with Crippen molar-refractivity contribution in [1.29, 1.82) is 0 Å². The van der Waals surface area contributed by atoms with E-state index in [-0.39, 0.29) is 24.9 Å². The van der Waals surface area contributed by atoms with Crippen molar-refractivity contribution in [1.82, 2.24) is 5.32 Å². The molecule has 1 heterocycles. The number of carbonyl (C=O) groups excluding carboxylic acids is 1. The number of para-hydroxylation sites is 2. The molecule has 0 saturated carbocycles. The van der Waals surface area contributed by atoms with Gasteiger partial charge in [-0.3, -0.25) is 9.10 Å². The molecule has 0 spiro atoms. The molecule has 31 heavy (non-hydrogen) atoms. The lowest BCUT2D eigenvalue weighted by Crippen LogP contribution is -2.41. The van der Waals surface area contributed by atoms with Crippen molar-refractivity contribution in [3.63, 3.8) is 0 Å². The number of amides is 1. The maximum absolute atomic E-state index is 13.2. The Morgan fingerprint density at radius 2 is 1.87 bits per heavy atom. The normalized spacial score (nSPS) is 17.3. The molecule has 1 amide bonds. The van der Waals surface area contributed by atoms with Gasteiger partial charge in [-0.05, 0) is 42.2 Å². The molecule has 0 aromatic heterocycles. The minimum absolute atomic E-state index is 0.172. The monoisotopic (exact) mass is 446 g/mol. The van der Waals surface area contributed by atoms with Gasteiger partial charge in [0.05, 0.1) is 25.1 Å². The number of nitrogens with one attached hydrogen (secondary N) is 1. The SMILES string of the molecule is COc1ccc([C@@H](CC(C)C)NC(=O)[C@@H]2CCN(S(C)(=O)=O)c3ccccc3O2)cc1. The second-order valence-corrected chi connectivity index (χ2v) is 10.1. The van der Waals surface area contributed by atoms with Crippen molar-refractivity contribution in [2.75, 3.05) is 24.2 Å². The van der Waals surface area contributed by atoms with E-state index in [9.17, 15) is 13.2 Å². The van der Waals surface area contributed by atoms with Crippen LogP contribution in [0.1, 0.15) is 38.3 Å². The van der Waals surface area contributed by atoms with Crippen LogP contribution in [0.2, 0.25) is 0 Å². The van der Waals surface area contributed by atoms with E-state index in [0.717, 1.165) is 24.0 Å². The molecule has 0 aliphatic carbocycles. The number of sulfonamides is 1. The second-order valence-electron chi connectivity index (χ2n) is 8.16. The fourth-order valence-electron chi connectivity index (χ4n) is 3.71. The first-order chi connectivity index (χ1) is 14.7. The molecule has 2 atom stereocenters. The van der Waals surface area contributed by atoms with Crippen molar-refractivity contribution in [3.05, 3.63) is 54.1 Å². The van der Waals surface area contributed by atoms with E-state index in [2.05, 4.69) is 19.2 Å². The molecule has 1 aliphatic heterocycles. The van der Waals surface area contributed by atoms with Crippen LogP contribution in [0.15, 0.2) is 48.5 Å². The van der Waals surface area contributed by atoms with Crippen LogP contribution in [0.4, 0.5) is 5.69 Å². The Labute approximate surface area is 184 Å². The first-order valence-electron chi connectivity index (χ1n) is 10.4. The topological polar surface area (TPSA) is 84.9 Å². The summed E-state index contributed by atoms with van der Waals surface area (Å²) in [5, 5.41) is 3.11. The average molecular weight is 447 g/mol. The van der Waals surface area contributed by atoms with Gasteiger partial charge in [0, 0.05) is 13.0 Å². The summed E-state index contributed by atoms with van der Waals surface area (Å²) in [5.74, 6) is 1.24. The fraction of sp³-hybridized carbons (Fsp3) is 0.435. The van der Waals surface area contributed by atoms with E-state index in [4.69, 9.17) is 9.47 Å². The standard InChI is InChI=1S/C23H30N2O5S/c1-16(2)15-19(17-9-11-18(29-3)12-10-17)24-23(26)22-13-14-25(31(4,27)28)20-7-5-6-8-21(20)30-22/h5-12,16,19,22H,13-15H2,1-4H3,(H,24,26)/t19-,22+/m1/s1. The Kier molecular flexibility index (Phi) is 7.10. The summed E-state index contributed by atoms with van der Waals surface area (Å²) >= 11 is 0. The Morgan fingerprint density at radius 1 is 1.19 bits per heavy atom. The zero-order valence-electron chi connectivity index (χ0n) is 18.4. The number of rotatable bonds is 7. The predicted molar refractivity (Wildman–Crippen MR) is 121 cm³/mol. The lowest BCUT2D eigenvalue weighted by molar-refractivity contribution is -0.129. The van der Waals surface area contributed by atoms with Crippen molar-refractivity contribution >= 4 is 21.6 Å². The van der Waals surface area contributed by atoms with Crippen LogP contribution in [-0.4, -0.2) is 40.3 Å². The molecule has 0 bridgehead atoms. The molecule has 3 rings (SSSR count). The van der Waals surface area contributed by atoms with Gasteiger partial charge in [0.25, 0.3) is 5.91 Å². The van der Waals surface area contributed by atoms with Gasteiger partial charge in [0.1, 0.15) is 11.5 Å². The third-order valence-corrected chi connectivity index (χ3v) is 6.41. The van der Waals surface area contributed by atoms with Crippen LogP contribution in [0.3, 0.4) is 0 Å². The van der Waals surface area contributed by atoms with E-state index in [0.29, 0.717) is 17.4 Å². The third-order valence-electron chi connectivity index (χ3n) is 5.23. The van der Waals surface area contributed by atoms with E-state index >= 15 is 0 Å². The lowest BCUT2D eigenvalue weighted by Gasteiger charge is -2.24. The van der Waals surface area contributed by atoms with Gasteiger partial charge >= 0.3 is 0 Å². The van der Waals surface area contributed by atoms with Gasteiger partial charge in [-0.25, -0.2) is 8.42 Å². The number of hydrogen-bond acceptors (Lipinski definition) is 5. The van der Waals surface area contributed by atoms with E-state index in [1.807, 2.05) is 24.3 Å². The van der Waals surface area contributed by atoms with Crippen LogP contribution >= 0.6 is 0 Å². The Bertz CT molecular complexity index is 1000. The molecule has 0 fully saturated rings. The minimum Gasteiger partial charge on any atom is -0.497 e. The minimum atomic E-state index is -3.49. The van der Waals surface area contributed by atoms with Crippen LogP contribution in [0.5, 0.6) is 11.5 Å². The summed E-state index contributed by atoms with van der Waals surface area (Å²) in [5.41, 5.74) is 1.43. The van der Waals surface area contributed by atoms with Crippen molar-refractivity contribution in [2.45, 2.75) is 38.8 Å². The number of hydrogen-bond donors (Lipinski definition) is 1. The summed E-state index contributed by atoms with van der Waals surface area (Å²) in [6, 6.07) is 14.3. The van der Waals surface area contributed by atoms with Gasteiger partial charge in [-0.2, -0.15) is 0 Å². The van der Waals surface area contributed by atoms with E-state index < -0.39 is 16.1 Å². The van der Waals surface area contributed by atoms with Crippen LogP contribution < -0.4 is 19.1 Å². The van der Waals surface area contributed by atoms with Gasteiger partial charge < -0.3 is 14.8 Å². The maximum Gasteiger partial charge on any atom is 0.261 e. The second kappa shape index (κ2) is 9.60. The Balaban J connectivity index is 1.82. The lowest BCUT2D eigenvalue weighted by atomic mass is 9.96. The fourth-order valence-corrected chi connectivity index (χ4v) is 4.65. The summed E-state index contributed by atoms with van der Waals surface area (Å²) < 4.78 is 37.1. The number of anilines is 1. The zero-order valence-corrected chi connectivity index (χ0v) is 19.2. The largest absolute Gasteiger partial charge is 0.497 e. The molecule has 0 saturated heterocycles. The zero-order chi connectivity index (χ0) is 22.6. The number of carbonyl (C=O) groups is 1. The molecule has 2 aromatic rings. The smallest absolute Gasteiger partial charge is 0.261 e. The molecule has 7 nitrogen and oxygen atoms in total. The predicted octanol–water partition coefficient (Wildman–Crippen LogP) is 3.52. The highest BCUT2D eigenvalue weighted by Crippen LogP contribution is 2.34. The first-order valence-corrected chi connectivity index (χ1v) is 12.2. The number of benzene rings is 2. The van der Waals surface area contributed by atoms with E-state index in [1.165, 1.54) is 4.31 Å². The highest BCUT2D eigenvalue weighted by atomic mass is 32.2. The average Bonchev–Trinajstić information content (AvgIpc) is 2.93. The molecular weight excluding hydrogens is 416 g/mol. The molecule has 8 heteroatoms. The summed E-state index contributed by atoms with van der Waals surface area (Å²) in [7, 11) is -1.88. The number of fused-ring (bicyclic) bond motifs is 1. The number of ether oxygens (including phenoxy) is 2. The molecule has 1 aliphatic rings. The molecule has 0 radical (unpaired) electrons. The number of nitrogens with zero attached hydrogens (tertiary/aromatic N) is 1. The van der Waals surface area contributed by atoms with Crippen molar-refractivity contribution < 1.29 is 22.7 Å². The van der Waals surface area contributed by atoms with Crippen LogP contribution in [0, 0.1) is 5.92 Å². The molecule has 0 unspecified atom stereocenters. The maximum atomic E-state index is 13.2. The molecule has 168 valence electrons. The first kappa shape index (κ1) is 22.9. The molecular formula is C23H30N2O5S. The quantitative estimate of drug-likeness (QED) is 0.704.